The molecule has 0 saturated carbocycles. The number of halogens is 3. The molecule has 0 spiro atoms. The van der Waals surface area contributed by atoms with Crippen LogP contribution in [-0.4, -0.2) is 39.0 Å². The Kier molecular flexibility index (Phi) is 6.37. The summed E-state index contributed by atoms with van der Waals surface area (Å²) in [4.78, 5) is 20.3. The maximum atomic E-state index is 13.4. The van der Waals surface area contributed by atoms with Gasteiger partial charge in [0.25, 0.3) is 0 Å². The summed E-state index contributed by atoms with van der Waals surface area (Å²) in [6.45, 7) is 3.27. The fourth-order valence-electron chi connectivity index (χ4n) is 4.06. The monoisotopic (exact) mass is 468 g/mol. The van der Waals surface area contributed by atoms with E-state index in [1.54, 1.807) is 30.5 Å². The molecule has 3 aromatic rings. The van der Waals surface area contributed by atoms with Crippen LogP contribution in [-0.2, 0) is 11.2 Å². The van der Waals surface area contributed by atoms with Crippen LogP contribution in [0.4, 0.5) is 18.9 Å². The van der Waals surface area contributed by atoms with Crippen LogP contribution < -0.4 is 5.01 Å². The van der Waals surface area contributed by atoms with Gasteiger partial charge in [-0.15, -0.1) is 0 Å². The van der Waals surface area contributed by atoms with Crippen LogP contribution in [0.3, 0.4) is 0 Å². The second-order valence-corrected chi connectivity index (χ2v) is 8.29. The first-order valence-electron chi connectivity index (χ1n) is 10.8. The molecule has 1 aromatic heterocycles. The summed E-state index contributed by atoms with van der Waals surface area (Å²) >= 11 is 0. The highest BCUT2D eigenvalue weighted by atomic mass is 19.4. The molecule has 0 unspecified atom stereocenters. The van der Waals surface area contributed by atoms with Gasteiger partial charge in [0.15, 0.2) is 5.82 Å². The van der Waals surface area contributed by atoms with Gasteiger partial charge in [0.1, 0.15) is 5.71 Å². The Hall–Kier alpha value is -3.75. The van der Waals surface area contributed by atoms with E-state index < -0.39 is 36.2 Å². The van der Waals surface area contributed by atoms with Crippen molar-refractivity contribution < 1.29 is 23.1 Å². The number of nitrogens with zero attached hydrogens (tertiary/aromatic N) is 4. The maximum Gasteiger partial charge on any atom is 0.431 e. The topological polar surface area (TPSA) is 78.7 Å². The molecule has 0 radical (unpaired) electrons. The third kappa shape index (κ3) is 4.93. The van der Waals surface area contributed by atoms with Gasteiger partial charge in [-0.2, -0.15) is 18.3 Å². The first-order chi connectivity index (χ1) is 16.1. The van der Waals surface area contributed by atoms with E-state index in [0.717, 1.165) is 22.4 Å². The van der Waals surface area contributed by atoms with Crippen molar-refractivity contribution in [2.45, 2.75) is 38.9 Å². The largest absolute Gasteiger partial charge is 0.481 e. The first-order valence-corrected chi connectivity index (χ1v) is 10.8. The standard InChI is InChI=1S/C25H23F3N4O2/c1-15-21(13-22(33)34)32(31-23(15)25(26,27)28)20-10-8-17(9-11-20)12-19-14-29-24(30-16(19)2)18-6-4-3-5-7-18/h3-11,14-15,21H,12-13H2,1-2H3,(H,33,34)/t15-,21-/m0/s1. The lowest BCUT2D eigenvalue weighted by Gasteiger charge is -2.25. The maximum absolute atomic E-state index is 13.4. The number of anilines is 1. The van der Waals surface area contributed by atoms with E-state index in [1.807, 2.05) is 37.3 Å². The fourth-order valence-corrected chi connectivity index (χ4v) is 4.06. The van der Waals surface area contributed by atoms with Crippen LogP contribution in [0.15, 0.2) is 65.9 Å². The number of hydrazone groups is 1. The zero-order chi connectivity index (χ0) is 24.5. The summed E-state index contributed by atoms with van der Waals surface area (Å²) in [6, 6.07) is 15.7. The Morgan fingerprint density at radius 1 is 1.09 bits per heavy atom. The molecule has 0 aliphatic carbocycles. The summed E-state index contributed by atoms with van der Waals surface area (Å²) in [5.41, 5.74) is 3.07. The number of rotatable bonds is 6. The van der Waals surface area contributed by atoms with Gasteiger partial charge in [0, 0.05) is 29.8 Å². The second kappa shape index (κ2) is 9.24. The highest BCUT2D eigenvalue weighted by molar-refractivity contribution is 5.95. The molecular formula is C25H23F3N4O2. The van der Waals surface area contributed by atoms with Crippen molar-refractivity contribution in [1.29, 1.82) is 0 Å². The minimum absolute atomic E-state index is 0.411. The average Bonchev–Trinajstić information content (AvgIpc) is 3.12. The number of carboxylic acids is 1. The zero-order valence-electron chi connectivity index (χ0n) is 18.6. The molecule has 2 aromatic carbocycles. The van der Waals surface area contributed by atoms with Crippen molar-refractivity contribution in [2.24, 2.45) is 11.0 Å². The van der Waals surface area contributed by atoms with E-state index in [2.05, 4.69) is 15.1 Å². The number of aromatic nitrogens is 2. The predicted octanol–water partition coefficient (Wildman–Crippen LogP) is 5.26. The average molecular weight is 468 g/mol. The second-order valence-electron chi connectivity index (χ2n) is 8.29. The van der Waals surface area contributed by atoms with Crippen molar-refractivity contribution in [3.05, 3.63) is 77.6 Å². The lowest BCUT2D eigenvalue weighted by molar-refractivity contribution is -0.137. The minimum Gasteiger partial charge on any atom is -0.481 e. The quantitative estimate of drug-likeness (QED) is 0.534. The van der Waals surface area contributed by atoms with Gasteiger partial charge in [0.2, 0.25) is 0 Å². The van der Waals surface area contributed by atoms with Crippen LogP contribution in [0.2, 0.25) is 0 Å². The van der Waals surface area contributed by atoms with Gasteiger partial charge in [-0.3, -0.25) is 9.80 Å². The van der Waals surface area contributed by atoms with Crippen LogP contribution in [0.5, 0.6) is 0 Å². The number of carboxylic acid groups (broad SMARTS) is 1. The van der Waals surface area contributed by atoms with E-state index in [-0.39, 0.29) is 0 Å². The molecule has 34 heavy (non-hydrogen) atoms. The highest BCUT2D eigenvalue weighted by Gasteiger charge is 2.48. The summed E-state index contributed by atoms with van der Waals surface area (Å²) in [5, 5.41) is 14.1. The van der Waals surface area contributed by atoms with Crippen molar-refractivity contribution >= 4 is 17.4 Å². The molecule has 0 amide bonds. The molecule has 2 heterocycles. The molecule has 0 fully saturated rings. The molecule has 1 aliphatic rings. The Balaban J connectivity index is 1.54. The number of alkyl halides is 3. The SMILES string of the molecule is Cc1nc(-c2ccccc2)ncc1Cc1ccc(N2N=C(C(F)(F)F)[C@@H](C)[C@@H]2CC(=O)O)cc1. The third-order valence-electron chi connectivity index (χ3n) is 5.92. The fraction of sp³-hybridized carbons (Fsp3) is 0.280. The number of aryl methyl sites for hydroxylation is 1. The molecule has 2 atom stereocenters. The number of hydrogen-bond donors (Lipinski definition) is 1. The molecule has 176 valence electrons. The minimum atomic E-state index is -4.62. The predicted molar refractivity (Wildman–Crippen MR) is 123 cm³/mol. The lowest BCUT2D eigenvalue weighted by Crippen LogP contribution is -2.36. The Morgan fingerprint density at radius 3 is 2.35 bits per heavy atom. The smallest absolute Gasteiger partial charge is 0.431 e. The number of hydrogen-bond acceptors (Lipinski definition) is 5. The molecule has 9 heteroatoms. The van der Waals surface area contributed by atoms with Gasteiger partial charge >= 0.3 is 12.1 Å². The van der Waals surface area contributed by atoms with Gasteiger partial charge < -0.3 is 5.11 Å². The van der Waals surface area contributed by atoms with E-state index in [0.29, 0.717) is 17.9 Å². The summed E-state index contributed by atoms with van der Waals surface area (Å²) < 4.78 is 40.1. The van der Waals surface area contributed by atoms with Crippen LogP contribution in [0, 0.1) is 12.8 Å². The molecule has 0 saturated heterocycles. The summed E-state index contributed by atoms with van der Waals surface area (Å²) in [7, 11) is 0. The van der Waals surface area contributed by atoms with Crippen molar-refractivity contribution in [3.63, 3.8) is 0 Å². The molecule has 0 bridgehead atoms. The zero-order valence-corrected chi connectivity index (χ0v) is 18.6. The van der Waals surface area contributed by atoms with Gasteiger partial charge in [0.05, 0.1) is 18.2 Å². The van der Waals surface area contributed by atoms with Crippen LogP contribution >= 0.6 is 0 Å². The number of aliphatic carboxylic acids is 1. The van der Waals surface area contributed by atoms with E-state index in [4.69, 9.17) is 0 Å². The van der Waals surface area contributed by atoms with Crippen molar-refractivity contribution in [2.75, 3.05) is 5.01 Å². The normalized spacial score (nSPS) is 18.1. The van der Waals surface area contributed by atoms with Crippen LogP contribution in [0.1, 0.15) is 30.2 Å². The Labute approximate surface area is 194 Å². The van der Waals surface area contributed by atoms with E-state index in [9.17, 15) is 23.1 Å². The third-order valence-corrected chi connectivity index (χ3v) is 5.92. The molecule has 6 nitrogen and oxygen atoms in total. The van der Waals surface area contributed by atoms with Gasteiger partial charge in [-0.05, 0) is 30.2 Å². The van der Waals surface area contributed by atoms with Gasteiger partial charge in [-0.1, -0.05) is 49.4 Å². The highest BCUT2D eigenvalue weighted by Crippen LogP contribution is 2.36. The van der Waals surface area contributed by atoms with E-state index in [1.165, 1.54) is 11.9 Å². The summed E-state index contributed by atoms with van der Waals surface area (Å²) in [6.07, 6.45) is -2.73. The molecule has 1 N–H and O–H groups in total. The number of carbonyl (C=O) groups is 1. The van der Waals surface area contributed by atoms with Gasteiger partial charge in [-0.25, -0.2) is 9.97 Å². The van der Waals surface area contributed by atoms with Crippen LogP contribution in [0.25, 0.3) is 11.4 Å². The molecule has 1 aliphatic heterocycles. The van der Waals surface area contributed by atoms with E-state index >= 15 is 0 Å². The van der Waals surface area contributed by atoms with Crippen molar-refractivity contribution in [1.82, 2.24) is 9.97 Å². The lowest BCUT2D eigenvalue weighted by atomic mass is 9.94. The number of benzene rings is 2. The molecule has 4 rings (SSSR count). The first kappa shape index (κ1) is 23.4. The Morgan fingerprint density at radius 2 is 1.76 bits per heavy atom. The summed E-state index contributed by atoms with van der Waals surface area (Å²) in [5.74, 6) is -1.59. The Bertz CT molecular complexity index is 1210. The molecular weight excluding hydrogens is 445 g/mol. The van der Waals surface area contributed by atoms with Crippen molar-refractivity contribution in [3.8, 4) is 11.4 Å².